The molecule has 1 aliphatic heterocycles. The third kappa shape index (κ3) is 3.75. The van der Waals surface area contributed by atoms with Crippen LogP contribution >= 0.6 is 0 Å². The zero-order chi connectivity index (χ0) is 18.1. The minimum Gasteiger partial charge on any atom is -0.508 e. The molecule has 3 unspecified atom stereocenters. The van der Waals surface area contributed by atoms with Gasteiger partial charge in [0.1, 0.15) is 5.75 Å². The summed E-state index contributed by atoms with van der Waals surface area (Å²) in [6.07, 6.45) is 3.46. The highest BCUT2D eigenvalue weighted by atomic mass is 16.3. The molecule has 0 bridgehead atoms. The highest BCUT2D eigenvalue weighted by Gasteiger charge is 2.48. The molecule has 2 aliphatic rings. The van der Waals surface area contributed by atoms with Crippen molar-refractivity contribution in [3.8, 4) is 5.75 Å². The van der Waals surface area contributed by atoms with Crippen molar-refractivity contribution < 1.29 is 15.3 Å². The van der Waals surface area contributed by atoms with Gasteiger partial charge in [0, 0.05) is 37.9 Å². The number of β-amino-alcohol motifs (C(OH)–C–C–N with tert-alkyl or cyclic N) is 1. The predicted octanol–water partition coefficient (Wildman–Crippen LogP) is 2.14. The molecule has 2 heterocycles. The van der Waals surface area contributed by atoms with Crippen molar-refractivity contribution in [3.63, 3.8) is 0 Å². The molecule has 4 atom stereocenters. The number of hydrogen-bond donors (Lipinski definition) is 3. The largest absolute Gasteiger partial charge is 0.508 e. The first kappa shape index (κ1) is 17.5. The maximum atomic E-state index is 11.0. The summed E-state index contributed by atoms with van der Waals surface area (Å²) in [7, 11) is 0. The van der Waals surface area contributed by atoms with E-state index in [0.29, 0.717) is 24.8 Å². The average Bonchev–Trinajstić information content (AvgIpc) is 3.10. The lowest BCUT2D eigenvalue weighted by atomic mass is 9.93. The van der Waals surface area contributed by atoms with Crippen molar-refractivity contribution >= 4 is 0 Å². The Morgan fingerprint density at radius 1 is 1.08 bits per heavy atom. The van der Waals surface area contributed by atoms with Gasteiger partial charge in [-0.05, 0) is 54.5 Å². The molecular formula is C21H26N2O3. The number of phenolic OH excluding ortho intramolecular Hbond substituents is 1. The fraction of sp³-hybridized carbons (Fsp3) is 0.476. The van der Waals surface area contributed by atoms with Crippen molar-refractivity contribution in [2.45, 2.75) is 31.0 Å². The fourth-order valence-corrected chi connectivity index (χ4v) is 4.74. The Balaban J connectivity index is 1.32. The minimum absolute atomic E-state index is 0.212. The number of hydrogen-bond acceptors (Lipinski definition) is 5. The molecular weight excluding hydrogens is 328 g/mol. The van der Waals surface area contributed by atoms with E-state index < -0.39 is 11.7 Å². The summed E-state index contributed by atoms with van der Waals surface area (Å²) in [6.45, 7) is 2.44. The highest BCUT2D eigenvalue weighted by molar-refractivity contribution is 5.27. The molecule has 1 aromatic heterocycles. The van der Waals surface area contributed by atoms with Crippen molar-refractivity contribution in [1.29, 1.82) is 0 Å². The van der Waals surface area contributed by atoms with Crippen LogP contribution in [-0.2, 0) is 6.42 Å². The number of aromatic hydroxyl groups is 1. The first-order valence-electron chi connectivity index (χ1n) is 9.32. The lowest BCUT2D eigenvalue weighted by molar-refractivity contribution is 0.0320. The summed E-state index contributed by atoms with van der Waals surface area (Å²) in [5, 5.41) is 30.8. The van der Waals surface area contributed by atoms with Crippen LogP contribution in [0.3, 0.4) is 0 Å². The molecule has 5 nitrogen and oxygen atoms in total. The van der Waals surface area contributed by atoms with Crippen molar-refractivity contribution in [2.24, 2.45) is 11.8 Å². The Morgan fingerprint density at radius 2 is 1.77 bits per heavy atom. The molecule has 1 aliphatic carbocycles. The molecule has 0 spiro atoms. The van der Waals surface area contributed by atoms with E-state index in [4.69, 9.17) is 0 Å². The number of benzene rings is 1. The first-order chi connectivity index (χ1) is 12.5. The zero-order valence-electron chi connectivity index (χ0n) is 14.8. The average molecular weight is 354 g/mol. The number of pyridine rings is 1. The molecule has 2 aromatic rings. The molecule has 1 aromatic carbocycles. The van der Waals surface area contributed by atoms with Crippen molar-refractivity contribution in [3.05, 3.63) is 59.9 Å². The lowest BCUT2D eigenvalue weighted by Gasteiger charge is -2.26. The van der Waals surface area contributed by atoms with Gasteiger partial charge in [-0.15, -0.1) is 0 Å². The number of likely N-dealkylation sites (tertiary alicyclic amines) is 1. The summed E-state index contributed by atoms with van der Waals surface area (Å²) in [5.41, 5.74) is 1.13. The summed E-state index contributed by atoms with van der Waals surface area (Å²) >= 11 is 0. The van der Waals surface area contributed by atoms with Gasteiger partial charge < -0.3 is 15.3 Å². The minimum atomic E-state index is -0.647. The Labute approximate surface area is 153 Å². The third-order valence-electron chi connectivity index (χ3n) is 5.88. The maximum absolute atomic E-state index is 11.0. The second kappa shape index (κ2) is 6.99. The molecule has 0 amide bonds. The van der Waals surface area contributed by atoms with Crippen LogP contribution < -0.4 is 0 Å². The first-order valence-corrected chi connectivity index (χ1v) is 9.32. The molecule has 4 rings (SSSR count). The number of aromatic nitrogens is 1. The van der Waals surface area contributed by atoms with E-state index in [2.05, 4.69) is 9.88 Å². The molecule has 5 heteroatoms. The Kier molecular flexibility index (Phi) is 4.69. The van der Waals surface area contributed by atoms with Gasteiger partial charge in [0.15, 0.2) is 0 Å². The molecule has 3 N–H and O–H groups in total. The molecule has 2 fully saturated rings. The van der Waals surface area contributed by atoms with Gasteiger partial charge in [0.05, 0.1) is 11.7 Å². The van der Waals surface area contributed by atoms with Crippen LogP contribution in [0.2, 0.25) is 0 Å². The number of nitrogens with zero attached hydrogens (tertiary/aromatic N) is 2. The number of rotatable bonds is 5. The topological polar surface area (TPSA) is 76.8 Å². The van der Waals surface area contributed by atoms with Gasteiger partial charge in [-0.2, -0.15) is 0 Å². The molecule has 1 saturated heterocycles. The molecule has 1 saturated carbocycles. The number of phenols is 1. The van der Waals surface area contributed by atoms with Gasteiger partial charge >= 0.3 is 0 Å². The van der Waals surface area contributed by atoms with E-state index >= 15 is 0 Å². The van der Waals surface area contributed by atoms with Crippen LogP contribution in [0, 0.1) is 11.8 Å². The van der Waals surface area contributed by atoms with Crippen LogP contribution in [0.15, 0.2) is 48.7 Å². The quantitative estimate of drug-likeness (QED) is 0.767. The van der Waals surface area contributed by atoms with Crippen LogP contribution in [0.1, 0.15) is 30.2 Å². The highest BCUT2D eigenvalue weighted by Crippen LogP contribution is 2.45. The summed E-state index contributed by atoms with van der Waals surface area (Å²) in [5.74, 6) is 1.18. The van der Waals surface area contributed by atoms with E-state index in [9.17, 15) is 15.3 Å². The second-order valence-corrected chi connectivity index (χ2v) is 7.98. The third-order valence-corrected chi connectivity index (χ3v) is 5.88. The number of fused-ring (bicyclic) bond motifs is 1. The molecule has 26 heavy (non-hydrogen) atoms. The standard InChI is InChI=1S/C21H26N2O3/c24-19-6-4-15(5-7-19)20(25)14-23-12-16-9-21(26,10-17(16)13-23)11-18-3-1-2-8-22-18/h1-8,16-17,20,24-26H,9-14H2/t16-,17?,20?,21?/m1/s1. The van der Waals surface area contributed by atoms with E-state index in [1.807, 2.05) is 18.2 Å². The van der Waals surface area contributed by atoms with Crippen LogP contribution in [-0.4, -0.2) is 50.4 Å². The summed E-state index contributed by atoms with van der Waals surface area (Å²) in [6, 6.07) is 12.6. The SMILES string of the molecule is Oc1ccc(C(O)CN2CC3CC(O)(Cc4ccccn4)C[C@@H]3C2)cc1. The Bertz CT molecular complexity index is 721. The number of aliphatic hydroxyl groups is 2. The van der Waals surface area contributed by atoms with Gasteiger partial charge in [0.25, 0.3) is 0 Å². The summed E-state index contributed by atoms with van der Waals surface area (Å²) in [4.78, 5) is 6.65. The van der Waals surface area contributed by atoms with Gasteiger partial charge in [-0.25, -0.2) is 0 Å². The zero-order valence-corrected chi connectivity index (χ0v) is 14.8. The number of aliphatic hydroxyl groups excluding tert-OH is 1. The van der Waals surface area contributed by atoms with Crippen LogP contribution in [0.25, 0.3) is 0 Å². The van der Waals surface area contributed by atoms with Crippen molar-refractivity contribution in [2.75, 3.05) is 19.6 Å². The van der Waals surface area contributed by atoms with Gasteiger partial charge in [0.2, 0.25) is 0 Å². The lowest BCUT2D eigenvalue weighted by Crippen LogP contribution is -2.33. The normalized spacial score (nSPS) is 29.6. The summed E-state index contributed by atoms with van der Waals surface area (Å²) < 4.78 is 0. The fourth-order valence-electron chi connectivity index (χ4n) is 4.74. The second-order valence-electron chi connectivity index (χ2n) is 7.98. The molecule has 0 radical (unpaired) electrons. The maximum Gasteiger partial charge on any atom is 0.115 e. The Morgan fingerprint density at radius 3 is 2.38 bits per heavy atom. The van der Waals surface area contributed by atoms with Gasteiger partial charge in [-0.1, -0.05) is 18.2 Å². The smallest absolute Gasteiger partial charge is 0.115 e. The van der Waals surface area contributed by atoms with Crippen molar-refractivity contribution in [1.82, 2.24) is 9.88 Å². The van der Waals surface area contributed by atoms with Crippen LogP contribution in [0.4, 0.5) is 0 Å². The van der Waals surface area contributed by atoms with Gasteiger partial charge in [-0.3, -0.25) is 9.88 Å². The predicted molar refractivity (Wildman–Crippen MR) is 98.6 cm³/mol. The van der Waals surface area contributed by atoms with E-state index in [1.54, 1.807) is 30.5 Å². The van der Waals surface area contributed by atoms with E-state index in [-0.39, 0.29) is 5.75 Å². The molecule has 138 valence electrons. The van der Waals surface area contributed by atoms with E-state index in [0.717, 1.165) is 37.2 Å². The monoisotopic (exact) mass is 354 g/mol. The Hall–Kier alpha value is -1.95. The van der Waals surface area contributed by atoms with E-state index in [1.165, 1.54) is 0 Å². The van der Waals surface area contributed by atoms with Crippen LogP contribution in [0.5, 0.6) is 5.75 Å².